The van der Waals surface area contributed by atoms with Crippen LogP contribution in [-0.4, -0.2) is 22.5 Å². The van der Waals surface area contributed by atoms with E-state index in [-0.39, 0.29) is 12.2 Å². The maximum Gasteiger partial charge on any atom is 0.433 e. The summed E-state index contributed by atoms with van der Waals surface area (Å²) in [6.07, 6.45) is -0.566. The summed E-state index contributed by atoms with van der Waals surface area (Å²) in [5.41, 5.74) is 1.14. The van der Waals surface area contributed by atoms with Gasteiger partial charge in [0.1, 0.15) is 0 Å². The van der Waals surface area contributed by atoms with Crippen molar-refractivity contribution >= 4 is 17.0 Å². The third kappa shape index (κ3) is 1.50. The van der Waals surface area contributed by atoms with E-state index < -0.39 is 6.09 Å². The van der Waals surface area contributed by atoms with E-state index in [1.165, 1.54) is 0 Å². The number of nitrogens with one attached hydrogen (secondary N) is 1. The van der Waals surface area contributed by atoms with Crippen LogP contribution in [0.15, 0.2) is 23.0 Å². The molecule has 16 heavy (non-hydrogen) atoms. The number of hydrogen-bond donors (Lipinski definition) is 1. The average Bonchev–Trinajstić information content (AvgIpc) is 2.58. The van der Waals surface area contributed by atoms with Gasteiger partial charge in [-0.3, -0.25) is 9.89 Å². The third-order valence-corrected chi connectivity index (χ3v) is 2.37. The number of nitrogens with zero attached hydrogens (tertiary/aromatic N) is 1. The van der Waals surface area contributed by atoms with E-state index >= 15 is 0 Å². The molecule has 0 aliphatic heterocycles. The van der Waals surface area contributed by atoms with E-state index in [1.54, 1.807) is 19.1 Å². The van der Waals surface area contributed by atoms with Gasteiger partial charge in [0.2, 0.25) is 0 Å². The zero-order valence-corrected chi connectivity index (χ0v) is 9.11. The Balaban J connectivity index is 2.71. The van der Waals surface area contributed by atoms with E-state index in [0.717, 1.165) is 10.2 Å². The van der Waals surface area contributed by atoms with Crippen LogP contribution >= 0.6 is 0 Å². The molecule has 0 atom stereocenters. The van der Waals surface area contributed by atoms with Crippen molar-refractivity contribution in [1.82, 2.24) is 9.78 Å². The molecule has 1 N–H and O–H groups in total. The van der Waals surface area contributed by atoms with Crippen molar-refractivity contribution in [1.29, 1.82) is 0 Å². The summed E-state index contributed by atoms with van der Waals surface area (Å²) < 4.78 is 6.01. The Bertz CT molecular complexity index is 595. The molecule has 0 bridgehead atoms. The molecule has 0 saturated heterocycles. The van der Waals surface area contributed by atoms with Crippen molar-refractivity contribution in [2.45, 2.75) is 13.8 Å². The Morgan fingerprint density at radius 2 is 2.25 bits per heavy atom. The molecule has 84 valence electrons. The van der Waals surface area contributed by atoms with Gasteiger partial charge in [-0.2, -0.15) is 4.68 Å². The summed E-state index contributed by atoms with van der Waals surface area (Å²) in [5, 5.41) is 2.96. The molecule has 1 heterocycles. The van der Waals surface area contributed by atoms with Crippen molar-refractivity contribution in [3.63, 3.8) is 0 Å². The molecular formula is C11H12N2O3. The molecule has 0 aliphatic carbocycles. The molecule has 0 saturated carbocycles. The number of ether oxygens (including phenoxy) is 1. The second kappa shape index (κ2) is 3.84. The molecule has 0 aliphatic rings. The van der Waals surface area contributed by atoms with Crippen molar-refractivity contribution < 1.29 is 9.53 Å². The molecule has 2 rings (SSSR count). The van der Waals surface area contributed by atoms with Crippen molar-refractivity contribution in [3.8, 4) is 0 Å². The highest BCUT2D eigenvalue weighted by Crippen LogP contribution is 2.14. The molecule has 5 nitrogen and oxygen atoms in total. The summed E-state index contributed by atoms with van der Waals surface area (Å²) >= 11 is 0. The van der Waals surface area contributed by atoms with Gasteiger partial charge in [-0.25, -0.2) is 4.79 Å². The Kier molecular flexibility index (Phi) is 2.52. The van der Waals surface area contributed by atoms with Crippen molar-refractivity contribution in [3.05, 3.63) is 34.1 Å². The number of H-pyrrole nitrogens is 1. The second-order valence-electron chi connectivity index (χ2n) is 3.45. The average molecular weight is 220 g/mol. The fourth-order valence-corrected chi connectivity index (χ4v) is 1.68. The summed E-state index contributed by atoms with van der Waals surface area (Å²) in [5.74, 6) is 0. The molecule has 1 aromatic heterocycles. The minimum atomic E-state index is -0.566. The van der Waals surface area contributed by atoms with E-state index in [9.17, 15) is 9.59 Å². The number of rotatable bonds is 1. The lowest BCUT2D eigenvalue weighted by atomic mass is 10.2. The first-order valence-corrected chi connectivity index (χ1v) is 5.02. The van der Waals surface area contributed by atoms with Crippen LogP contribution in [0.3, 0.4) is 0 Å². The standard InChI is InChI=1S/C11H12N2O3/c1-3-16-11(15)13-9-7(2)5-4-6-8(9)10(14)12-13/h4-6H,3H2,1-2H3,(H,12,14). The monoisotopic (exact) mass is 220 g/mol. The smallest absolute Gasteiger partial charge is 0.433 e. The Morgan fingerprint density at radius 1 is 1.50 bits per heavy atom. The minimum Gasteiger partial charge on any atom is -0.448 e. The first-order valence-electron chi connectivity index (χ1n) is 5.02. The topological polar surface area (TPSA) is 64.1 Å². The number of fused-ring (bicyclic) bond motifs is 1. The van der Waals surface area contributed by atoms with Crippen molar-refractivity contribution in [2.24, 2.45) is 0 Å². The van der Waals surface area contributed by atoms with E-state index in [2.05, 4.69) is 5.10 Å². The van der Waals surface area contributed by atoms with Crippen LogP contribution in [0.1, 0.15) is 12.5 Å². The lowest BCUT2D eigenvalue weighted by Gasteiger charge is -2.04. The first kappa shape index (κ1) is 10.5. The quantitative estimate of drug-likeness (QED) is 0.794. The molecule has 1 aromatic carbocycles. The maximum absolute atomic E-state index is 11.6. The minimum absolute atomic E-state index is 0.270. The molecule has 2 aromatic rings. The fourth-order valence-electron chi connectivity index (χ4n) is 1.68. The Hall–Kier alpha value is -2.04. The summed E-state index contributed by atoms with van der Waals surface area (Å²) in [4.78, 5) is 23.2. The fraction of sp³-hybridized carbons (Fsp3) is 0.273. The van der Waals surface area contributed by atoms with Crippen LogP contribution in [0.2, 0.25) is 0 Å². The summed E-state index contributed by atoms with van der Waals surface area (Å²) in [6.45, 7) is 3.83. The van der Waals surface area contributed by atoms with Gasteiger partial charge >= 0.3 is 6.09 Å². The van der Waals surface area contributed by atoms with Gasteiger partial charge < -0.3 is 4.74 Å². The lowest BCUT2D eigenvalue weighted by Crippen LogP contribution is -2.17. The van der Waals surface area contributed by atoms with Crippen LogP contribution in [0.5, 0.6) is 0 Å². The molecule has 0 spiro atoms. The van der Waals surface area contributed by atoms with E-state index in [1.807, 2.05) is 13.0 Å². The van der Waals surface area contributed by atoms with Gasteiger partial charge in [0.15, 0.2) is 0 Å². The van der Waals surface area contributed by atoms with Crippen molar-refractivity contribution in [2.75, 3.05) is 6.61 Å². The van der Waals surface area contributed by atoms with Crippen LogP contribution in [0.4, 0.5) is 4.79 Å². The van der Waals surface area contributed by atoms with Crippen LogP contribution in [0, 0.1) is 6.92 Å². The summed E-state index contributed by atoms with van der Waals surface area (Å²) in [7, 11) is 0. The van der Waals surface area contributed by atoms with Gasteiger partial charge in [0, 0.05) is 0 Å². The number of para-hydroxylation sites is 1. The molecule has 5 heteroatoms. The summed E-state index contributed by atoms with van der Waals surface area (Å²) in [6, 6.07) is 5.30. The zero-order valence-electron chi connectivity index (χ0n) is 9.11. The van der Waals surface area contributed by atoms with Crippen LogP contribution < -0.4 is 5.56 Å². The second-order valence-corrected chi connectivity index (χ2v) is 3.45. The Labute approximate surface area is 91.6 Å². The number of aromatic nitrogens is 2. The molecular weight excluding hydrogens is 208 g/mol. The number of benzene rings is 1. The van der Waals surface area contributed by atoms with E-state index in [0.29, 0.717) is 10.9 Å². The van der Waals surface area contributed by atoms with Gasteiger partial charge in [-0.1, -0.05) is 12.1 Å². The number of hydrogen-bond acceptors (Lipinski definition) is 3. The third-order valence-electron chi connectivity index (χ3n) is 2.37. The highest BCUT2D eigenvalue weighted by Gasteiger charge is 2.14. The molecule has 0 amide bonds. The van der Waals surface area contributed by atoms with Gasteiger partial charge in [0.25, 0.3) is 5.56 Å². The SMILES string of the molecule is CCOC(=O)n1[nH]c(=O)c2cccc(C)c21. The van der Waals surface area contributed by atoms with Gasteiger partial charge in [-0.05, 0) is 25.5 Å². The lowest BCUT2D eigenvalue weighted by molar-refractivity contribution is 0.151. The number of carbonyl (C=O) groups excluding carboxylic acids is 1. The zero-order chi connectivity index (χ0) is 11.7. The highest BCUT2D eigenvalue weighted by molar-refractivity contribution is 5.89. The Morgan fingerprint density at radius 3 is 2.94 bits per heavy atom. The van der Waals surface area contributed by atoms with Gasteiger partial charge in [0.05, 0.1) is 17.5 Å². The maximum atomic E-state index is 11.6. The van der Waals surface area contributed by atoms with E-state index in [4.69, 9.17) is 4.74 Å². The molecule has 0 unspecified atom stereocenters. The molecule has 0 radical (unpaired) electrons. The normalized spacial score (nSPS) is 10.6. The van der Waals surface area contributed by atoms with Crippen LogP contribution in [-0.2, 0) is 4.74 Å². The number of aromatic amines is 1. The number of aryl methyl sites for hydroxylation is 1. The molecule has 0 fully saturated rings. The predicted molar refractivity (Wildman–Crippen MR) is 59.7 cm³/mol. The first-order chi connectivity index (χ1) is 7.65. The highest BCUT2D eigenvalue weighted by atomic mass is 16.5. The largest absolute Gasteiger partial charge is 0.448 e. The predicted octanol–water partition coefficient (Wildman–Crippen LogP) is 1.64. The van der Waals surface area contributed by atoms with Gasteiger partial charge in [-0.15, -0.1) is 0 Å². The number of carbonyl (C=O) groups is 1. The van der Waals surface area contributed by atoms with Crippen LogP contribution in [0.25, 0.3) is 10.9 Å².